The van der Waals surface area contributed by atoms with Gasteiger partial charge in [0.05, 0.1) is 4.99 Å². The highest BCUT2D eigenvalue weighted by atomic mass is 32.2. The summed E-state index contributed by atoms with van der Waals surface area (Å²) in [6, 6.07) is -0.571. The van der Waals surface area contributed by atoms with Gasteiger partial charge in [0, 0.05) is 6.04 Å². The average molecular weight is 290 g/mol. The van der Waals surface area contributed by atoms with Crippen LogP contribution in [-0.2, 0) is 10.0 Å². The molecule has 0 aromatic carbocycles. The summed E-state index contributed by atoms with van der Waals surface area (Å²) in [6.45, 7) is -0.281. The van der Waals surface area contributed by atoms with Crippen LogP contribution in [0.25, 0.3) is 0 Å². The maximum Gasteiger partial charge on any atom is 0.402 e. The molecule has 0 aliphatic heterocycles. The zero-order valence-corrected chi connectivity index (χ0v) is 10.7. The third kappa shape index (κ3) is 3.78. The zero-order chi connectivity index (χ0) is 13.4. The van der Waals surface area contributed by atoms with Gasteiger partial charge in [-0.05, 0) is 19.8 Å². The van der Waals surface area contributed by atoms with E-state index in [0.717, 1.165) is 0 Å². The van der Waals surface area contributed by atoms with E-state index in [1.807, 2.05) is 0 Å². The Kier molecular flexibility index (Phi) is 4.04. The number of hydrogen-bond donors (Lipinski definition) is 1. The highest BCUT2D eigenvalue weighted by molar-refractivity contribution is 7.92. The Bertz CT molecular complexity index is 403. The van der Waals surface area contributed by atoms with E-state index in [1.165, 1.54) is 6.92 Å². The fourth-order valence-electron chi connectivity index (χ4n) is 1.32. The highest BCUT2D eigenvalue weighted by Gasteiger charge is 2.46. The predicted octanol–water partition coefficient (Wildman–Crippen LogP) is 1.02. The van der Waals surface area contributed by atoms with Gasteiger partial charge >= 0.3 is 6.18 Å². The van der Waals surface area contributed by atoms with Gasteiger partial charge in [-0.1, -0.05) is 12.2 Å². The van der Waals surface area contributed by atoms with Crippen molar-refractivity contribution in [3.63, 3.8) is 0 Å². The molecule has 1 saturated carbocycles. The van der Waals surface area contributed by atoms with Gasteiger partial charge in [0.1, 0.15) is 11.8 Å². The van der Waals surface area contributed by atoms with Crippen molar-refractivity contribution in [2.24, 2.45) is 5.73 Å². The van der Waals surface area contributed by atoms with E-state index in [4.69, 9.17) is 5.73 Å². The first-order valence-corrected chi connectivity index (χ1v) is 6.83. The monoisotopic (exact) mass is 290 g/mol. The lowest BCUT2D eigenvalue weighted by molar-refractivity contribution is -0.137. The lowest BCUT2D eigenvalue weighted by atomic mass is 10.5. The van der Waals surface area contributed by atoms with E-state index in [2.05, 4.69) is 12.2 Å². The first-order valence-electron chi connectivity index (χ1n) is 4.92. The van der Waals surface area contributed by atoms with Gasteiger partial charge in [0.25, 0.3) is 0 Å². The lowest BCUT2D eigenvalue weighted by Gasteiger charge is -2.26. The Labute approximate surface area is 103 Å². The standard InChI is InChI=1S/C8H13F3N2O2S2/c1-5(7(12)16)17(14,15)13(6-2-3-6)4-8(9,10)11/h5-6H,2-4H2,1H3,(H2,12,16). The molecule has 1 unspecified atom stereocenters. The molecule has 9 heteroatoms. The van der Waals surface area contributed by atoms with Crippen molar-refractivity contribution in [1.82, 2.24) is 4.31 Å². The minimum atomic E-state index is -4.56. The number of nitrogens with two attached hydrogens (primary N) is 1. The second-order valence-electron chi connectivity index (χ2n) is 3.98. The van der Waals surface area contributed by atoms with Crippen LogP contribution in [0.3, 0.4) is 0 Å². The third-order valence-electron chi connectivity index (χ3n) is 2.46. The van der Waals surface area contributed by atoms with Crippen molar-refractivity contribution < 1.29 is 21.6 Å². The second-order valence-corrected chi connectivity index (χ2v) is 6.66. The third-order valence-corrected chi connectivity index (χ3v) is 5.19. The molecule has 0 spiro atoms. The summed E-state index contributed by atoms with van der Waals surface area (Å²) in [5.74, 6) is 0. The van der Waals surface area contributed by atoms with E-state index in [-0.39, 0.29) is 4.99 Å². The van der Waals surface area contributed by atoms with E-state index < -0.39 is 34.0 Å². The fraction of sp³-hybridized carbons (Fsp3) is 0.875. The van der Waals surface area contributed by atoms with Gasteiger partial charge in [0.15, 0.2) is 0 Å². The number of hydrogen-bond acceptors (Lipinski definition) is 3. The van der Waals surface area contributed by atoms with Crippen LogP contribution >= 0.6 is 12.2 Å². The van der Waals surface area contributed by atoms with Crippen molar-refractivity contribution in [1.29, 1.82) is 0 Å². The summed E-state index contributed by atoms with van der Waals surface area (Å²) in [5, 5.41) is -1.28. The molecule has 0 heterocycles. The molecular formula is C8H13F3N2O2S2. The average Bonchev–Trinajstić information content (AvgIpc) is 2.94. The van der Waals surface area contributed by atoms with Crippen molar-refractivity contribution in [2.45, 2.75) is 37.2 Å². The minimum Gasteiger partial charge on any atom is -0.392 e. The first-order chi connectivity index (χ1) is 7.55. The molecule has 4 nitrogen and oxygen atoms in total. The first kappa shape index (κ1) is 14.7. The number of nitrogens with zero attached hydrogens (tertiary/aromatic N) is 1. The molecule has 0 saturated heterocycles. The number of alkyl halides is 3. The molecule has 17 heavy (non-hydrogen) atoms. The summed E-state index contributed by atoms with van der Waals surface area (Å²) < 4.78 is 61.2. The molecule has 0 aromatic heterocycles. The molecule has 0 radical (unpaired) electrons. The van der Waals surface area contributed by atoms with Gasteiger partial charge in [-0.3, -0.25) is 0 Å². The minimum absolute atomic E-state index is 0.321. The van der Waals surface area contributed by atoms with E-state index >= 15 is 0 Å². The largest absolute Gasteiger partial charge is 0.402 e. The maximum absolute atomic E-state index is 12.3. The van der Waals surface area contributed by atoms with Crippen LogP contribution in [0, 0.1) is 0 Å². The van der Waals surface area contributed by atoms with Gasteiger partial charge in [-0.2, -0.15) is 17.5 Å². The number of thiocarbonyl (C=S) groups is 1. The van der Waals surface area contributed by atoms with Crippen LogP contribution in [0.5, 0.6) is 0 Å². The molecule has 1 aliphatic rings. The molecule has 0 aromatic rings. The topological polar surface area (TPSA) is 63.4 Å². The van der Waals surface area contributed by atoms with Gasteiger partial charge in [-0.25, -0.2) is 8.42 Å². The van der Waals surface area contributed by atoms with Crippen LogP contribution in [-0.4, -0.2) is 41.7 Å². The van der Waals surface area contributed by atoms with E-state index in [9.17, 15) is 21.6 Å². The lowest BCUT2D eigenvalue weighted by Crippen LogP contribution is -2.47. The van der Waals surface area contributed by atoms with Crippen molar-refractivity contribution >= 4 is 27.2 Å². The Morgan fingerprint density at radius 2 is 2.00 bits per heavy atom. The van der Waals surface area contributed by atoms with Crippen LogP contribution in [0.2, 0.25) is 0 Å². The Hall–Kier alpha value is -0.410. The van der Waals surface area contributed by atoms with Crippen molar-refractivity contribution in [3.05, 3.63) is 0 Å². The zero-order valence-electron chi connectivity index (χ0n) is 9.07. The van der Waals surface area contributed by atoms with Crippen LogP contribution in [0.4, 0.5) is 13.2 Å². The van der Waals surface area contributed by atoms with Crippen molar-refractivity contribution in [3.8, 4) is 0 Å². The fourth-order valence-corrected chi connectivity index (χ4v) is 3.33. The molecule has 1 aliphatic carbocycles. The molecule has 1 atom stereocenters. The van der Waals surface area contributed by atoms with Crippen LogP contribution in [0.15, 0.2) is 0 Å². The SMILES string of the molecule is CC(C(N)=S)S(=O)(=O)N(CC(F)(F)F)C1CC1. The second kappa shape index (κ2) is 4.69. The molecule has 0 amide bonds. The summed E-state index contributed by atoms with van der Waals surface area (Å²) in [5.41, 5.74) is 5.19. The molecule has 0 bridgehead atoms. The summed E-state index contributed by atoms with van der Waals surface area (Å²) in [4.78, 5) is -0.321. The van der Waals surface area contributed by atoms with Crippen LogP contribution < -0.4 is 5.73 Å². The van der Waals surface area contributed by atoms with Crippen LogP contribution in [0.1, 0.15) is 19.8 Å². The molecule has 1 fully saturated rings. The van der Waals surface area contributed by atoms with Gasteiger partial charge in [0.2, 0.25) is 10.0 Å². The van der Waals surface area contributed by atoms with Crippen molar-refractivity contribution in [2.75, 3.05) is 6.54 Å². The van der Waals surface area contributed by atoms with Gasteiger partial charge in [-0.15, -0.1) is 0 Å². The predicted molar refractivity (Wildman–Crippen MR) is 61.0 cm³/mol. The van der Waals surface area contributed by atoms with E-state index in [1.54, 1.807) is 0 Å². The molecule has 1 rings (SSSR count). The van der Waals surface area contributed by atoms with E-state index in [0.29, 0.717) is 17.1 Å². The molecule has 2 N–H and O–H groups in total. The Morgan fingerprint density at radius 3 is 2.29 bits per heavy atom. The van der Waals surface area contributed by atoms with Gasteiger partial charge < -0.3 is 5.73 Å². The highest BCUT2D eigenvalue weighted by Crippen LogP contribution is 2.33. The normalized spacial score (nSPS) is 19.4. The smallest absolute Gasteiger partial charge is 0.392 e. The number of halogens is 3. The quantitative estimate of drug-likeness (QED) is 0.768. The summed E-state index contributed by atoms with van der Waals surface area (Å²) >= 11 is 4.52. The number of sulfonamides is 1. The Balaban J connectivity index is 2.94. The molecular weight excluding hydrogens is 277 g/mol. The summed E-state index contributed by atoms with van der Waals surface area (Å²) in [6.07, 6.45) is -3.68. The number of rotatable bonds is 5. The molecule has 100 valence electrons. The maximum atomic E-state index is 12.3. The summed E-state index contributed by atoms with van der Waals surface area (Å²) in [7, 11) is -4.12. The Morgan fingerprint density at radius 1 is 1.53 bits per heavy atom.